The van der Waals surface area contributed by atoms with Gasteiger partial charge in [-0.2, -0.15) is 0 Å². The Labute approximate surface area is 119 Å². The van der Waals surface area contributed by atoms with Gasteiger partial charge in [0.15, 0.2) is 0 Å². The molecule has 0 saturated carbocycles. The summed E-state index contributed by atoms with van der Waals surface area (Å²) in [6.07, 6.45) is 7.78. The monoisotopic (exact) mass is 310 g/mol. The van der Waals surface area contributed by atoms with Crippen LogP contribution in [-0.2, 0) is 0 Å². The molecule has 0 spiro atoms. The lowest BCUT2D eigenvalue weighted by atomic mass is 9.99. The van der Waals surface area contributed by atoms with E-state index in [1.807, 2.05) is 6.08 Å². The number of halogens is 1. The van der Waals surface area contributed by atoms with Crippen molar-refractivity contribution in [1.29, 1.82) is 0 Å². The van der Waals surface area contributed by atoms with Gasteiger partial charge in [0.2, 0.25) is 0 Å². The number of nitrogens with two attached hydrogens (primary N) is 1. The number of hydrogen-bond donors (Lipinski definition) is 2. The second-order valence-electron chi connectivity index (χ2n) is 4.67. The number of hydrogen-bond acceptors (Lipinski definition) is 2. The molecule has 1 aromatic carbocycles. The van der Waals surface area contributed by atoms with E-state index in [0.717, 1.165) is 17.3 Å². The van der Waals surface area contributed by atoms with Crippen molar-refractivity contribution in [3.8, 4) is 0 Å². The molecule has 0 aliphatic rings. The quantitative estimate of drug-likeness (QED) is 0.323. The Kier molecular flexibility index (Phi) is 7.25. The molecule has 0 aromatic heterocycles. The Hall–Kier alpha value is -0.640. The number of unbranched alkanes of at least 4 members (excludes halogenated alkanes) is 3. The predicted molar refractivity (Wildman–Crippen MR) is 82.2 cm³/mol. The van der Waals surface area contributed by atoms with Crippen LogP contribution in [0.3, 0.4) is 0 Å². The Morgan fingerprint density at radius 1 is 1.39 bits per heavy atom. The van der Waals surface area contributed by atoms with E-state index in [4.69, 9.17) is 5.84 Å². The highest BCUT2D eigenvalue weighted by Crippen LogP contribution is 2.27. The molecule has 1 aromatic rings. The average molecular weight is 311 g/mol. The molecule has 0 heterocycles. The highest BCUT2D eigenvalue weighted by atomic mass is 79.9. The molecule has 1 atom stereocenters. The van der Waals surface area contributed by atoms with Crippen molar-refractivity contribution in [2.75, 3.05) is 0 Å². The summed E-state index contributed by atoms with van der Waals surface area (Å²) in [5, 5.41) is 0. The molecule has 0 radical (unpaired) electrons. The number of nitrogens with one attached hydrogen (secondary N) is 1. The molecule has 1 rings (SSSR count). The van der Waals surface area contributed by atoms with Crippen molar-refractivity contribution < 1.29 is 0 Å². The zero-order valence-electron chi connectivity index (χ0n) is 11.1. The molecule has 18 heavy (non-hydrogen) atoms. The maximum Gasteiger partial charge on any atom is 0.0471 e. The smallest absolute Gasteiger partial charge is 0.0471 e. The lowest BCUT2D eigenvalue weighted by Crippen LogP contribution is -2.28. The molecule has 3 N–H and O–H groups in total. The second-order valence-corrected chi connectivity index (χ2v) is 5.53. The van der Waals surface area contributed by atoms with Crippen molar-refractivity contribution in [2.45, 2.75) is 45.1 Å². The fraction of sp³-hybridized carbons (Fsp3) is 0.467. The third-order valence-corrected chi connectivity index (χ3v) is 3.82. The first-order valence-electron chi connectivity index (χ1n) is 6.52. The Morgan fingerprint density at radius 2 is 2.17 bits per heavy atom. The van der Waals surface area contributed by atoms with E-state index < -0.39 is 0 Å². The van der Waals surface area contributed by atoms with Crippen LogP contribution in [0, 0.1) is 6.92 Å². The molecule has 100 valence electrons. The predicted octanol–water partition coefficient (Wildman–Crippen LogP) is 4.40. The van der Waals surface area contributed by atoms with Crippen LogP contribution < -0.4 is 11.3 Å². The molecule has 0 aliphatic carbocycles. The highest BCUT2D eigenvalue weighted by molar-refractivity contribution is 9.10. The second kappa shape index (κ2) is 8.46. The summed E-state index contributed by atoms with van der Waals surface area (Å²) in [5.74, 6) is 5.67. The van der Waals surface area contributed by atoms with Crippen LogP contribution in [0.5, 0.6) is 0 Å². The molecule has 0 aliphatic heterocycles. The van der Waals surface area contributed by atoms with Crippen molar-refractivity contribution in [1.82, 2.24) is 5.43 Å². The van der Waals surface area contributed by atoms with Crippen LogP contribution in [-0.4, -0.2) is 0 Å². The maximum absolute atomic E-state index is 5.67. The van der Waals surface area contributed by atoms with Gasteiger partial charge in [0, 0.05) is 10.5 Å². The van der Waals surface area contributed by atoms with Crippen LogP contribution in [0.1, 0.15) is 49.3 Å². The van der Waals surface area contributed by atoms with Gasteiger partial charge in [-0.3, -0.25) is 11.3 Å². The van der Waals surface area contributed by atoms with Gasteiger partial charge in [0.05, 0.1) is 0 Å². The van der Waals surface area contributed by atoms with Gasteiger partial charge in [-0.1, -0.05) is 47.0 Å². The molecule has 1 unspecified atom stereocenters. The lowest BCUT2D eigenvalue weighted by Gasteiger charge is -2.18. The fourth-order valence-corrected chi connectivity index (χ4v) is 2.83. The topological polar surface area (TPSA) is 38.0 Å². The summed E-state index contributed by atoms with van der Waals surface area (Å²) in [6.45, 7) is 5.83. The summed E-state index contributed by atoms with van der Waals surface area (Å²) in [6, 6.07) is 6.64. The number of hydrazine groups is 1. The third-order valence-electron chi connectivity index (χ3n) is 3.13. The normalized spacial score (nSPS) is 12.4. The van der Waals surface area contributed by atoms with Gasteiger partial charge < -0.3 is 0 Å². The molecular formula is C15H23BrN2. The number of benzene rings is 1. The maximum atomic E-state index is 5.67. The van der Waals surface area contributed by atoms with Crippen molar-refractivity contribution in [3.63, 3.8) is 0 Å². The molecular weight excluding hydrogens is 288 g/mol. The van der Waals surface area contributed by atoms with Crippen molar-refractivity contribution in [3.05, 3.63) is 46.5 Å². The zero-order chi connectivity index (χ0) is 13.4. The van der Waals surface area contributed by atoms with E-state index in [1.54, 1.807) is 0 Å². The number of aryl methyl sites for hydroxylation is 1. The molecule has 0 amide bonds. The van der Waals surface area contributed by atoms with Crippen LogP contribution in [0.2, 0.25) is 0 Å². The van der Waals surface area contributed by atoms with Crippen LogP contribution in [0.4, 0.5) is 0 Å². The third kappa shape index (κ3) is 4.92. The van der Waals surface area contributed by atoms with Crippen molar-refractivity contribution >= 4 is 15.9 Å². The van der Waals surface area contributed by atoms with E-state index >= 15 is 0 Å². The minimum atomic E-state index is 0.226. The van der Waals surface area contributed by atoms with Gasteiger partial charge in [0.1, 0.15) is 0 Å². The van der Waals surface area contributed by atoms with Gasteiger partial charge in [-0.05, 0) is 43.4 Å². The van der Waals surface area contributed by atoms with Gasteiger partial charge in [-0.15, -0.1) is 6.58 Å². The van der Waals surface area contributed by atoms with Crippen LogP contribution in [0.15, 0.2) is 35.3 Å². The van der Waals surface area contributed by atoms with Crippen LogP contribution >= 0.6 is 15.9 Å². The van der Waals surface area contributed by atoms with Gasteiger partial charge in [0.25, 0.3) is 0 Å². The van der Waals surface area contributed by atoms with Gasteiger partial charge in [-0.25, -0.2) is 0 Å². The summed E-state index contributed by atoms with van der Waals surface area (Å²) in [5.41, 5.74) is 5.42. The van der Waals surface area contributed by atoms with Crippen molar-refractivity contribution in [2.24, 2.45) is 5.84 Å². The molecule has 0 bridgehead atoms. The first-order valence-corrected chi connectivity index (χ1v) is 7.31. The average Bonchev–Trinajstić information content (AvgIpc) is 2.35. The summed E-state index contributed by atoms with van der Waals surface area (Å²) < 4.78 is 1.14. The fourth-order valence-electron chi connectivity index (χ4n) is 2.06. The van der Waals surface area contributed by atoms with Crippen LogP contribution in [0.25, 0.3) is 0 Å². The molecule has 0 fully saturated rings. The minimum Gasteiger partial charge on any atom is -0.271 e. The van der Waals surface area contributed by atoms with E-state index in [9.17, 15) is 0 Å². The highest BCUT2D eigenvalue weighted by Gasteiger charge is 2.12. The Bertz CT molecular complexity index is 377. The molecule has 3 heteroatoms. The summed E-state index contributed by atoms with van der Waals surface area (Å²) in [7, 11) is 0. The summed E-state index contributed by atoms with van der Waals surface area (Å²) >= 11 is 3.61. The molecule has 0 saturated heterocycles. The standard InChI is InChI=1S/C15H23BrN2/c1-3-4-5-6-7-8-15(18-17)13-10-9-12(2)11-14(13)16/h3,9-11,15,18H,1,4-8,17H2,2H3. The SMILES string of the molecule is C=CCCCCCC(NN)c1ccc(C)cc1Br. The molecule has 2 nitrogen and oxygen atoms in total. The minimum absolute atomic E-state index is 0.226. The number of rotatable bonds is 8. The van der Waals surface area contributed by atoms with E-state index in [2.05, 4.69) is 53.1 Å². The number of allylic oxidation sites excluding steroid dienone is 1. The Morgan fingerprint density at radius 3 is 2.78 bits per heavy atom. The van der Waals surface area contributed by atoms with E-state index in [1.165, 1.54) is 30.4 Å². The first-order chi connectivity index (χ1) is 8.69. The largest absolute Gasteiger partial charge is 0.271 e. The zero-order valence-corrected chi connectivity index (χ0v) is 12.7. The van der Waals surface area contributed by atoms with Gasteiger partial charge >= 0.3 is 0 Å². The van der Waals surface area contributed by atoms with E-state index in [0.29, 0.717) is 0 Å². The lowest BCUT2D eigenvalue weighted by molar-refractivity contribution is 0.482. The van der Waals surface area contributed by atoms with E-state index in [-0.39, 0.29) is 6.04 Å². The Balaban J connectivity index is 2.52. The summed E-state index contributed by atoms with van der Waals surface area (Å²) in [4.78, 5) is 0. The first kappa shape index (κ1) is 15.4.